The van der Waals surface area contributed by atoms with Gasteiger partial charge in [-0.1, -0.05) is 19.4 Å². The Bertz CT molecular complexity index is 642. The average Bonchev–Trinajstić information content (AvgIpc) is 2.65. The maximum Gasteiger partial charge on any atom is 0.190 e. The summed E-state index contributed by atoms with van der Waals surface area (Å²) in [5, 5.41) is 0. The van der Waals surface area contributed by atoms with Crippen molar-refractivity contribution >= 4 is 5.78 Å². The van der Waals surface area contributed by atoms with Gasteiger partial charge in [0.1, 0.15) is 5.75 Å². The van der Waals surface area contributed by atoms with Gasteiger partial charge in [-0.3, -0.25) is 4.79 Å². The smallest absolute Gasteiger partial charge is 0.190 e. The van der Waals surface area contributed by atoms with Crippen LogP contribution < -0.4 is 10.5 Å². The lowest BCUT2D eigenvalue weighted by Crippen LogP contribution is -2.27. The lowest BCUT2D eigenvalue weighted by molar-refractivity contribution is 0.103. The summed E-state index contributed by atoms with van der Waals surface area (Å²) in [6.07, 6.45) is 4.67. The summed E-state index contributed by atoms with van der Waals surface area (Å²) < 4.78 is 11.3. The number of ether oxygens (including phenoxy) is 2. The molecule has 1 saturated carbocycles. The van der Waals surface area contributed by atoms with Gasteiger partial charge in [0.2, 0.25) is 0 Å². The Hall–Kier alpha value is -2.23. The van der Waals surface area contributed by atoms with Crippen LogP contribution in [-0.2, 0) is 4.74 Å². The van der Waals surface area contributed by atoms with Crippen molar-refractivity contribution in [3.63, 3.8) is 0 Å². The Balaban J connectivity index is 1.98. The topological polar surface area (TPSA) is 61.5 Å². The number of hydrogen-bond acceptors (Lipinski definition) is 4. The van der Waals surface area contributed by atoms with Gasteiger partial charge in [0.15, 0.2) is 5.78 Å². The molecule has 0 heterocycles. The number of rotatable bonds is 7. The number of Topliss-reactive ketones (excluding diaryl/α,β-unsaturated/α-hetero) is 1. The van der Waals surface area contributed by atoms with Crippen LogP contribution in [0.5, 0.6) is 5.75 Å². The Morgan fingerprint density at radius 1 is 1.20 bits per heavy atom. The van der Waals surface area contributed by atoms with Gasteiger partial charge in [-0.15, -0.1) is 0 Å². The molecular weight excluding hydrogens is 314 g/mol. The highest BCUT2D eigenvalue weighted by atomic mass is 16.5. The van der Waals surface area contributed by atoms with Crippen LogP contribution in [0.2, 0.25) is 0 Å². The predicted molar refractivity (Wildman–Crippen MR) is 100 cm³/mol. The fraction of sp³-hybridized carbons (Fsp3) is 0.476. The van der Waals surface area contributed by atoms with Gasteiger partial charge in [0.05, 0.1) is 19.5 Å². The summed E-state index contributed by atoms with van der Waals surface area (Å²) in [7, 11) is 1.68. The molecule has 2 unspecified atom stereocenters. The first kappa shape index (κ1) is 19.1. The second-order valence-corrected chi connectivity index (χ2v) is 6.79. The monoisotopic (exact) mass is 343 g/mol. The van der Waals surface area contributed by atoms with E-state index in [0.717, 1.165) is 24.4 Å². The van der Waals surface area contributed by atoms with Crippen molar-refractivity contribution in [2.24, 2.45) is 17.6 Å². The maximum atomic E-state index is 12.3. The minimum atomic E-state index is -0.0460. The Labute approximate surface area is 150 Å². The molecule has 0 saturated heterocycles. The zero-order valence-corrected chi connectivity index (χ0v) is 15.5. The molecule has 0 spiro atoms. The van der Waals surface area contributed by atoms with Crippen LogP contribution in [0.4, 0.5) is 0 Å². The number of allylic oxidation sites excluding steroid dienone is 3. The van der Waals surface area contributed by atoms with Gasteiger partial charge in [-0.05, 0) is 51.0 Å². The van der Waals surface area contributed by atoms with Crippen LogP contribution in [0.1, 0.15) is 49.9 Å². The van der Waals surface area contributed by atoms with E-state index in [4.69, 9.17) is 15.2 Å². The number of methoxy groups -OCH3 is 1. The zero-order valence-electron chi connectivity index (χ0n) is 15.5. The molecule has 1 aromatic rings. The third-order valence-electron chi connectivity index (χ3n) is 5.10. The molecule has 2 rings (SSSR count). The molecule has 1 aromatic carbocycles. The molecule has 2 atom stereocenters. The predicted octanol–water partition coefficient (Wildman–Crippen LogP) is 4.47. The fourth-order valence-electron chi connectivity index (χ4n) is 3.28. The molecule has 4 nitrogen and oxygen atoms in total. The van der Waals surface area contributed by atoms with Crippen LogP contribution in [0.25, 0.3) is 0 Å². The highest BCUT2D eigenvalue weighted by Gasteiger charge is 2.28. The summed E-state index contributed by atoms with van der Waals surface area (Å²) in [6, 6.07) is 7.26. The molecule has 1 fully saturated rings. The lowest BCUT2D eigenvalue weighted by atomic mass is 9.79. The van der Waals surface area contributed by atoms with Gasteiger partial charge in [0, 0.05) is 28.7 Å². The number of carbonyl (C=O) groups excluding carboxylic acids is 1. The minimum Gasteiger partial charge on any atom is -0.501 e. The Morgan fingerprint density at radius 2 is 1.84 bits per heavy atom. The molecule has 0 aromatic heterocycles. The van der Waals surface area contributed by atoms with Crippen molar-refractivity contribution in [1.29, 1.82) is 0 Å². The molecule has 0 bridgehead atoms. The SMILES string of the molecule is C=C(OC)C1CCCCC1COc1ccc(C(=O)/C(C)=C(/C)N)cc1. The molecule has 0 amide bonds. The van der Waals surface area contributed by atoms with Crippen LogP contribution in [0.15, 0.2) is 47.9 Å². The van der Waals surface area contributed by atoms with Gasteiger partial charge in [0.25, 0.3) is 0 Å². The highest BCUT2D eigenvalue weighted by molar-refractivity contribution is 6.08. The van der Waals surface area contributed by atoms with Crippen LogP contribution >= 0.6 is 0 Å². The summed E-state index contributed by atoms with van der Waals surface area (Å²) in [5.74, 6) is 2.37. The van der Waals surface area contributed by atoms with E-state index in [2.05, 4.69) is 6.58 Å². The Kier molecular flexibility index (Phi) is 6.68. The number of carbonyl (C=O) groups is 1. The zero-order chi connectivity index (χ0) is 18.4. The number of benzene rings is 1. The second-order valence-electron chi connectivity index (χ2n) is 6.79. The van der Waals surface area contributed by atoms with Crippen molar-refractivity contribution in [2.45, 2.75) is 39.5 Å². The standard InChI is InChI=1S/C21H29NO3/c1-14(15(2)22)21(23)17-9-11-19(12-10-17)25-13-18-7-5-6-8-20(18)16(3)24-4/h9-12,18,20H,3,5-8,13,22H2,1-2,4H3/b15-14-. The van der Waals surface area contributed by atoms with Crippen molar-refractivity contribution in [3.8, 4) is 5.75 Å². The Morgan fingerprint density at radius 3 is 2.44 bits per heavy atom. The minimum absolute atomic E-state index is 0.0460. The van der Waals surface area contributed by atoms with Crippen LogP contribution in [0.3, 0.4) is 0 Å². The van der Waals surface area contributed by atoms with E-state index in [1.54, 1.807) is 33.1 Å². The van der Waals surface area contributed by atoms with E-state index in [-0.39, 0.29) is 5.78 Å². The molecule has 1 aliphatic carbocycles. The van der Waals surface area contributed by atoms with E-state index in [9.17, 15) is 4.79 Å². The summed E-state index contributed by atoms with van der Waals surface area (Å²) in [4.78, 5) is 12.3. The molecule has 2 N–H and O–H groups in total. The highest BCUT2D eigenvalue weighted by Crippen LogP contribution is 2.35. The third kappa shape index (κ3) is 4.88. The first-order chi connectivity index (χ1) is 11.9. The molecule has 4 heteroatoms. The largest absolute Gasteiger partial charge is 0.501 e. The van der Waals surface area contributed by atoms with Crippen LogP contribution in [-0.4, -0.2) is 19.5 Å². The van der Waals surface area contributed by atoms with Gasteiger partial charge < -0.3 is 15.2 Å². The first-order valence-corrected chi connectivity index (χ1v) is 8.87. The third-order valence-corrected chi connectivity index (χ3v) is 5.10. The molecule has 0 aliphatic heterocycles. The lowest BCUT2D eigenvalue weighted by Gasteiger charge is -2.31. The second kappa shape index (κ2) is 8.75. The van der Waals surface area contributed by atoms with E-state index in [1.165, 1.54) is 12.8 Å². The molecular formula is C21H29NO3. The van der Waals surface area contributed by atoms with E-state index in [1.807, 2.05) is 12.1 Å². The molecule has 0 radical (unpaired) electrons. The summed E-state index contributed by atoms with van der Waals surface area (Å²) in [5.41, 5.74) is 7.45. The van der Waals surface area contributed by atoms with E-state index >= 15 is 0 Å². The number of hydrogen-bond donors (Lipinski definition) is 1. The van der Waals surface area contributed by atoms with Crippen LogP contribution in [0, 0.1) is 11.8 Å². The quantitative estimate of drug-likeness (QED) is 0.451. The molecule has 136 valence electrons. The van der Waals surface area contributed by atoms with Gasteiger partial charge in [-0.2, -0.15) is 0 Å². The maximum absolute atomic E-state index is 12.3. The van der Waals surface area contributed by atoms with E-state index in [0.29, 0.717) is 35.3 Å². The van der Waals surface area contributed by atoms with Gasteiger partial charge >= 0.3 is 0 Å². The van der Waals surface area contributed by atoms with Crippen molar-refractivity contribution in [3.05, 3.63) is 53.4 Å². The van der Waals surface area contributed by atoms with Crippen molar-refractivity contribution in [2.75, 3.05) is 13.7 Å². The fourth-order valence-corrected chi connectivity index (χ4v) is 3.28. The molecule has 1 aliphatic rings. The summed E-state index contributed by atoms with van der Waals surface area (Å²) >= 11 is 0. The number of ketones is 1. The number of nitrogens with two attached hydrogens (primary N) is 1. The first-order valence-electron chi connectivity index (χ1n) is 8.87. The summed E-state index contributed by atoms with van der Waals surface area (Å²) in [6.45, 7) is 8.15. The van der Waals surface area contributed by atoms with Crippen molar-refractivity contribution in [1.82, 2.24) is 0 Å². The molecule has 25 heavy (non-hydrogen) atoms. The normalized spacial score (nSPS) is 21.2. The van der Waals surface area contributed by atoms with E-state index < -0.39 is 0 Å². The average molecular weight is 343 g/mol. The van der Waals surface area contributed by atoms with Gasteiger partial charge in [-0.25, -0.2) is 0 Å². The van der Waals surface area contributed by atoms with Crippen molar-refractivity contribution < 1.29 is 14.3 Å².